The summed E-state index contributed by atoms with van der Waals surface area (Å²) >= 11 is 1.63. The van der Waals surface area contributed by atoms with Crippen LogP contribution in [-0.4, -0.2) is 52.1 Å². The summed E-state index contributed by atoms with van der Waals surface area (Å²) in [6.07, 6.45) is 3.76. The first-order valence-electron chi connectivity index (χ1n) is 9.69. The number of hydrogen-bond donors (Lipinski definition) is 0. The highest BCUT2D eigenvalue weighted by Gasteiger charge is 2.18. The number of hydrogen-bond acceptors (Lipinski definition) is 5. The molecule has 4 rings (SSSR count). The Morgan fingerprint density at radius 1 is 1.07 bits per heavy atom. The molecule has 0 bridgehead atoms. The smallest absolute Gasteiger partial charge is 0.263 e. The minimum absolute atomic E-state index is 0.0856. The Morgan fingerprint density at radius 2 is 1.81 bits per heavy atom. The molecular formula is C21H26N4OS. The van der Waals surface area contributed by atoms with Gasteiger partial charge in [0.1, 0.15) is 11.2 Å². The van der Waals surface area contributed by atoms with Gasteiger partial charge in [0, 0.05) is 37.6 Å². The predicted octanol–water partition coefficient (Wildman–Crippen LogP) is 2.84. The lowest BCUT2D eigenvalue weighted by atomic mass is 10.1. The van der Waals surface area contributed by atoms with E-state index in [1.807, 2.05) is 6.07 Å². The maximum absolute atomic E-state index is 12.7. The maximum Gasteiger partial charge on any atom is 0.263 e. The van der Waals surface area contributed by atoms with Crippen LogP contribution in [0.25, 0.3) is 10.2 Å². The van der Waals surface area contributed by atoms with E-state index in [0.717, 1.165) is 55.8 Å². The van der Waals surface area contributed by atoms with Gasteiger partial charge in [-0.1, -0.05) is 37.3 Å². The zero-order valence-electron chi connectivity index (χ0n) is 15.8. The van der Waals surface area contributed by atoms with Gasteiger partial charge in [-0.15, -0.1) is 11.3 Å². The molecule has 3 aromatic rings. The number of fused-ring (bicyclic) bond motifs is 1. The molecule has 1 aliphatic rings. The molecule has 0 aliphatic carbocycles. The van der Waals surface area contributed by atoms with Crippen molar-refractivity contribution in [3.05, 3.63) is 63.5 Å². The fourth-order valence-electron chi connectivity index (χ4n) is 3.59. The average Bonchev–Trinajstić information content (AvgIpc) is 3.15. The van der Waals surface area contributed by atoms with E-state index in [9.17, 15) is 4.79 Å². The number of benzene rings is 1. The Bertz CT molecular complexity index is 942. The van der Waals surface area contributed by atoms with Crippen LogP contribution < -0.4 is 5.56 Å². The van der Waals surface area contributed by atoms with Gasteiger partial charge in [-0.3, -0.25) is 14.3 Å². The molecule has 0 atom stereocenters. The lowest BCUT2D eigenvalue weighted by Gasteiger charge is -2.34. The molecule has 1 aromatic carbocycles. The third kappa shape index (κ3) is 4.29. The van der Waals surface area contributed by atoms with Crippen LogP contribution in [0.2, 0.25) is 0 Å². The van der Waals surface area contributed by atoms with E-state index < -0.39 is 0 Å². The van der Waals surface area contributed by atoms with Gasteiger partial charge in [0.2, 0.25) is 0 Å². The summed E-state index contributed by atoms with van der Waals surface area (Å²) in [4.78, 5) is 24.2. The summed E-state index contributed by atoms with van der Waals surface area (Å²) in [7, 11) is 0. The van der Waals surface area contributed by atoms with Gasteiger partial charge in [0.15, 0.2) is 0 Å². The molecule has 27 heavy (non-hydrogen) atoms. The van der Waals surface area contributed by atoms with E-state index in [1.54, 1.807) is 22.2 Å². The van der Waals surface area contributed by atoms with E-state index in [0.29, 0.717) is 6.67 Å². The fourth-order valence-corrected chi connectivity index (χ4v) is 4.51. The first kappa shape index (κ1) is 18.3. The number of nitrogens with zero attached hydrogens (tertiary/aromatic N) is 4. The lowest BCUT2D eigenvalue weighted by molar-refractivity contribution is 0.107. The summed E-state index contributed by atoms with van der Waals surface area (Å²) in [6, 6.07) is 12.7. The number of rotatable bonds is 6. The Morgan fingerprint density at radius 3 is 2.56 bits per heavy atom. The summed E-state index contributed by atoms with van der Waals surface area (Å²) in [6.45, 7) is 7.92. The molecule has 1 aliphatic heterocycles. The highest BCUT2D eigenvalue weighted by atomic mass is 32.1. The Kier molecular flexibility index (Phi) is 5.66. The molecule has 2 aromatic heterocycles. The molecule has 0 N–H and O–H groups in total. The van der Waals surface area contributed by atoms with Gasteiger partial charge in [0.05, 0.1) is 12.1 Å². The zero-order chi connectivity index (χ0) is 18.6. The summed E-state index contributed by atoms with van der Waals surface area (Å²) in [5.41, 5.74) is 1.48. The van der Waals surface area contributed by atoms with Gasteiger partial charge in [-0.2, -0.15) is 0 Å². The average molecular weight is 383 g/mol. The van der Waals surface area contributed by atoms with Crippen LogP contribution in [0.5, 0.6) is 0 Å². The first-order chi connectivity index (χ1) is 13.2. The fraction of sp³-hybridized carbons (Fsp3) is 0.429. The molecule has 142 valence electrons. The highest BCUT2D eigenvalue weighted by molar-refractivity contribution is 7.18. The van der Waals surface area contributed by atoms with Crippen molar-refractivity contribution in [1.82, 2.24) is 19.4 Å². The molecule has 5 nitrogen and oxygen atoms in total. The van der Waals surface area contributed by atoms with Crippen molar-refractivity contribution in [2.45, 2.75) is 26.4 Å². The van der Waals surface area contributed by atoms with Gasteiger partial charge >= 0.3 is 0 Å². The predicted molar refractivity (Wildman–Crippen MR) is 111 cm³/mol. The van der Waals surface area contributed by atoms with Crippen molar-refractivity contribution in [2.75, 3.05) is 32.7 Å². The zero-order valence-corrected chi connectivity index (χ0v) is 16.6. The summed E-state index contributed by atoms with van der Waals surface area (Å²) < 4.78 is 1.76. The van der Waals surface area contributed by atoms with Crippen LogP contribution in [0.15, 0.2) is 47.5 Å². The van der Waals surface area contributed by atoms with Crippen molar-refractivity contribution in [3.8, 4) is 0 Å². The molecule has 0 amide bonds. The highest BCUT2D eigenvalue weighted by Crippen LogP contribution is 2.21. The van der Waals surface area contributed by atoms with Crippen LogP contribution in [0.1, 0.15) is 17.4 Å². The molecule has 6 heteroatoms. The van der Waals surface area contributed by atoms with Gasteiger partial charge in [-0.05, 0) is 24.5 Å². The second-order valence-corrected chi connectivity index (χ2v) is 8.26. The van der Waals surface area contributed by atoms with Crippen molar-refractivity contribution in [2.24, 2.45) is 0 Å². The van der Waals surface area contributed by atoms with E-state index in [2.05, 4.69) is 52.0 Å². The Balaban J connectivity index is 1.33. The Hall–Kier alpha value is -2.02. The quantitative estimate of drug-likeness (QED) is 0.657. The minimum atomic E-state index is 0.0856. The first-order valence-corrected chi connectivity index (χ1v) is 10.5. The SMILES string of the molecule is CCc1cc2c(=O)n(CN3CCN(CCc4ccccc4)CC3)cnc2s1. The minimum Gasteiger partial charge on any atom is -0.300 e. The number of aryl methyl sites for hydroxylation is 1. The topological polar surface area (TPSA) is 41.4 Å². The normalized spacial score (nSPS) is 16.2. The van der Waals surface area contributed by atoms with Crippen molar-refractivity contribution in [1.29, 1.82) is 0 Å². The van der Waals surface area contributed by atoms with E-state index in [4.69, 9.17) is 0 Å². The van der Waals surface area contributed by atoms with Crippen molar-refractivity contribution < 1.29 is 0 Å². The maximum atomic E-state index is 12.7. The van der Waals surface area contributed by atoms with E-state index in [1.165, 1.54) is 10.4 Å². The standard InChI is InChI=1S/C21H26N4OS/c1-2-18-14-19-20(27-18)22-15-25(21(19)26)16-24-12-10-23(11-13-24)9-8-17-6-4-3-5-7-17/h3-7,14-15H,2,8-13,16H2,1H3. The van der Waals surface area contributed by atoms with Crippen LogP contribution in [0.3, 0.4) is 0 Å². The second-order valence-electron chi connectivity index (χ2n) is 7.14. The summed E-state index contributed by atoms with van der Waals surface area (Å²) in [5, 5.41) is 0.765. The van der Waals surface area contributed by atoms with Crippen LogP contribution in [-0.2, 0) is 19.5 Å². The summed E-state index contributed by atoms with van der Waals surface area (Å²) in [5.74, 6) is 0. The molecule has 1 saturated heterocycles. The van der Waals surface area contributed by atoms with E-state index >= 15 is 0 Å². The van der Waals surface area contributed by atoms with Gasteiger partial charge in [0.25, 0.3) is 5.56 Å². The molecule has 3 heterocycles. The van der Waals surface area contributed by atoms with E-state index in [-0.39, 0.29) is 5.56 Å². The number of piperazine rings is 1. The molecule has 0 saturated carbocycles. The van der Waals surface area contributed by atoms with Crippen LogP contribution in [0, 0.1) is 0 Å². The third-order valence-electron chi connectivity index (χ3n) is 5.29. The number of thiophene rings is 1. The van der Waals surface area contributed by atoms with Crippen molar-refractivity contribution >= 4 is 21.6 Å². The monoisotopic (exact) mass is 382 g/mol. The van der Waals surface area contributed by atoms with Gasteiger partial charge in [-0.25, -0.2) is 4.98 Å². The van der Waals surface area contributed by atoms with Crippen LogP contribution in [0.4, 0.5) is 0 Å². The second kappa shape index (κ2) is 8.33. The molecule has 1 fully saturated rings. The molecule has 0 radical (unpaired) electrons. The lowest BCUT2D eigenvalue weighted by Crippen LogP contribution is -2.48. The van der Waals surface area contributed by atoms with Crippen LogP contribution >= 0.6 is 11.3 Å². The number of aromatic nitrogens is 2. The van der Waals surface area contributed by atoms with Crippen molar-refractivity contribution in [3.63, 3.8) is 0 Å². The third-order valence-corrected chi connectivity index (χ3v) is 6.48. The largest absolute Gasteiger partial charge is 0.300 e. The molecular weight excluding hydrogens is 356 g/mol. The molecule has 0 unspecified atom stereocenters. The molecule has 0 spiro atoms. The Labute approximate surface area is 163 Å². The van der Waals surface area contributed by atoms with Gasteiger partial charge < -0.3 is 4.90 Å².